The minimum absolute atomic E-state index is 0.0296. The van der Waals surface area contributed by atoms with Gasteiger partial charge < -0.3 is 10.4 Å². The number of aromatic nitrogens is 1. The van der Waals surface area contributed by atoms with Crippen molar-refractivity contribution in [2.45, 2.75) is 4.90 Å². The molecule has 5 nitrogen and oxygen atoms in total. The first-order chi connectivity index (χ1) is 10.1. The van der Waals surface area contributed by atoms with Crippen molar-refractivity contribution in [1.82, 2.24) is 4.98 Å². The Morgan fingerprint density at radius 3 is 2.76 bits per heavy atom. The van der Waals surface area contributed by atoms with Gasteiger partial charge in [-0.2, -0.15) is 0 Å². The SMILES string of the molecule is O=C(CSc1ccnc(C(=O)O)c1)Nc1ccccc1I. The number of halogens is 1. The molecule has 0 saturated heterocycles. The number of benzene rings is 1. The molecule has 1 aromatic carbocycles. The van der Waals surface area contributed by atoms with Gasteiger partial charge in [0.2, 0.25) is 5.91 Å². The van der Waals surface area contributed by atoms with Gasteiger partial charge in [-0.25, -0.2) is 9.78 Å². The Bertz CT molecular complexity index is 679. The van der Waals surface area contributed by atoms with Gasteiger partial charge in [-0.15, -0.1) is 11.8 Å². The van der Waals surface area contributed by atoms with E-state index < -0.39 is 5.97 Å². The molecule has 0 spiro atoms. The second-order valence-corrected chi connectivity index (χ2v) is 6.21. The number of hydrogen-bond acceptors (Lipinski definition) is 4. The molecule has 1 amide bonds. The molecule has 108 valence electrons. The van der Waals surface area contributed by atoms with Crippen LogP contribution in [0.4, 0.5) is 5.69 Å². The van der Waals surface area contributed by atoms with Crippen molar-refractivity contribution < 1.29 is 14.7 Å². The van der Waals surface area contributed by atoms with Gasteiger partial charge in [-0.3, -0.25) is 4.79 Å². The molecule has 1 heterocycles. The van der Waals surface area contributed by atoms with Crippen molar-refractivity contribution in [1.29, 1.82) is 0 Å². The molecule has 0 aliphatic carbocycles. The van der Waals surface area contributed by atoms with Gasteiger partial charge in [0.05, 0.1) is 11.4 Å². The first kappa shape index (κ1) is 15.8. The van der Waals surface area contributed by atoms with Gasteiger partial charge in [-0.1, -0.05) is 12.1 Å². The summed E-state index contributed by atoms with van der Waals surface area (Å²) in [5, 5.41) is 11.7. The molecule has 0 aliphatic rings. The average molecular weight is 414 g/mol. The average Bonchev–Trinajstić information content (AvgIpc) is 2.48. The standard InChI is InChI=1S/C14H11IN2O3S/c15-10-3-1-2-4-11(10)17-13(18)8-21-9-5-6-16-12(7-9)14(19)20/h1-7H,8H2,(H,17,18)(H,19,20). The van der Waals surface area contributed by atoms with Crippen LogP contribution in [0.15, 0.2) is 47.5 Å². The number of carbonyl (C=O) groups excluding carboxylic acids is 1. The third-order valence-electron chi connectivity index (χ3n) is 2.47. The second-order valence-electron chi connectivity index (χ2n) is 4.00. The minimum Gasteiger partial charge on any atom is -0.477 e. The zero-order valence-electron chi connectivity index (χ0n) is 10.7. The highest BCUT2D eigenvalue weighted by Crippen LogP contribution is 2.20. The molecule has 0 fully saturated rings. The first-order valence-electron chi connectivity index (χ1n) is 5.93. The first-order valence-corrected chi connectivity index (χ1v) is 7.99. The molecule has 2 aromatic rings. The maximum Gasteiger partial charge on any atom is 0.354 e. The number of rotatable bonds is 5. The summed E-state index contributed by atoms with van der Waals surface area (Å²) in [6, 6.07) is 10.6. The van der Waals surface area contributed by atoms with E-state index in [0.29, 0.717) is 4.90 Å². The molecular weight excluding hydrogens is 403 g/mol. The van der Waals surface area contributed by atoms with Crippen molar-refractivity contribution in [3.05, 3.63) is 51.9 Å². The predicted molar refractivity (Wildman–Crippen MR) is 89.7 cm³/mol. The van der Waals surface area contributed by atoms with E-state index in [9.17, 15) is 9.59 Å². The van der Waals surface area contributed by atoms with Crippen LogP contribution in [0.5, 0.6) is 0 Å². The van der Waals surface area contributed by atoms with Crippen LogP contribution in [-0.2, 0) is 4.79 Å². The summed E-state index contributed by atoms with van der Waals surface area (Å²) in [6.07, 6.45) is 1.42. The molecule has 2 rings (SSSR count). The van der Waals surface area contributed by atoms with Crippen LogP contribution in [-0.4, -0.2) is 27.7 Å². The fourth-order valence-corrected chi connectivity index (χ4v) is 2.76. The summed E-state index contributed by atoms with van der Waals surface area (Å²) < 4.78 is 0.963. The molecule has 0 unspecified atom stereocenters. The molecule has 0 radical (unpaired) electrons. The predicted octanol–water partition coefficient (Wildman–Crippen LogP) is 3.12. The Labute approximate surface area is 139 Å². The number of carbonyl (C=O) groups is 2. The zero-order valence-corrected chi connectivity index (χ0v) is 13.7. The number of para-hydroxylation sites is 1. The van der Waals surface area contributed by atoms with Crippen molar-refractivity contribution in [3.8, 4) is 0 Å². The molecule has 21 heavy (non-hydrogen) atoms. The largest absolute Gasteiger partial charge is 0.477 e. The van der Waals surface area contributed by atoms with Crippen molar-refractivity contribution in [3.63, 3.8) is 0 Å². The van der Waals surface area contributed by atoms with Crippen LogP contribution in [0.1, 0.15) is 10.5 Å². The third kappa shape index (κ3) is 4.71. The number of pyridine rings is 1. The summed E-state index contributed by atoms with van der Waals surface area (Å²) in [4.78, 5) is 27.1. The number of carboxylic acid groups (broad SMARTS) is 1. The molecular formula is C14H11IN2O3S. The molecule has 0 aliphatic heterocycles. The molecule has 1 aromatic heterocycles. The summed E-state index contributed by atoms with van der Waals surface area (Å²) in [7, 11) is 0. The normalized spacial score (nSPS) is 10.1. The summed E-state index contributed by atoms with van der Waals surface area (Å²) in [6.45, 7) is 0. The van der Waals surface area contributed by atoms with Gasteiger partial charge in [0.25, 0.3) is 0 Å². The van der Waals surface area contributed by atoms with E-state index in [1.807, 2.05) is 24.3 Å². The molecule has 2 N–H and O–H groups in total. The fourth-order valence-electron chi connectivity index (χ4n) is 1.52. The number of nitrogens with one attached hydrogen (secondary N) is 1. The third-order valence-corrected chi connectivity index (χ3v) is 4.40. The van der Waals surface area contributed by atoms with Gasteiger partial charge in [-0.05, 0) is 46.9 Å². The Hall–Kier alpha value is -1.61. The number of nitrogens with zero attached hydrogens (tertiary/aromatic N) is 1. The lowest BCUT2D eigenvalue weighted by Crippen LogP contribution is -2.14. The lowest BCUT2D eigenvalue weighted by atomic mass is 10.3. The Kier molecular flexibility index (Phi) is 5.57. The van der Waals surface area contributed by atoms with Crippen LogP contribution in [0.3, 0.4) is 0 Å². The highest BCUT2D eigenvalue weighted by molar-refractivity contribution is 14.1. The van der Waals surface area contributed by atoms with Gasteiger partial charge in [0.1, 0.15) is 5.69 Å². The summed E-state index contributed by atoms with van der Waals surface area (Å²) in [5.74, 6) is -1.02. The molecule has 0 bridgehead atoms. The molecule has 7 heteroatoms. The topological polar surface area (TPSA) is 79.3 Å². The maximum atomic E-state index is 11.9. The van der Waals surface area contributed by atoms with E-state index >= 15 is 0 Å². The van der Waals surface area contributed by atoms with Crippen molar-refractivity contribution >= 4 is 51.9 Å². The van der Waals surface area contributed by atoms with Crippen LogP contribution in [0.2, 0.25) is 0 Å². The summed E-state index contributed by atoms with van der Waals surface area (Å²) in [5.41, 5.74) is 0.739. The lowest BCUT2D eigenvalue weighted by Gasteiger charge is -2.07. The van der Waals surface area contributed by atoms with E-state index in [4.69, 9.17) is 5.11 Å². The van der Waals surface area contributed by atoms with E-state index in [0.717, 1.165) is 9.26 Å². The second kappa shape index (κ2) is 7.41. The Morgan fingerprint density at radius 1 is 1.29 bits per heavy atom. The smallest absolute Gasteiger partial charge is 0.354 e. The van der Waals surface area contributed by atoms with E-state index in [2.05, 4.69) is 32.9 Å². The van der Waals surface area contributed by atoms with Crippen molar-refractivity contribution in [2.75, 3.05) is 11.1 Å². The maximum absolute atomic E-state index is 11.9. The molecule has 0 saturated carbocycles. The van der Waals surface area contributed by atoms with E-state index in [1.54, 1.807) is 6.07 Å². The number of hydrogen-bond donors (Lipinski definition) is 2. The van der Waals surface area contributed by atoms with Crippen LogP contribution < -0.4 is 5.32 Å². The zero-order chi connectivity index (χ0) is 15.2. The van der Waals surface area contributed by atoms with Crippen molar-refractivity contribution in [2.24, 2.45) is 0 Å². The highest BCUT2D eigenvalue weighted by atomic mass is 127. The van der Waals surface area contributed by atoms with E-state index in [1.165, 1.54) is 24.0 Å². The monoisotopic (exact) mass is 414 g/mol. The number of amides is 1. The highest BCUT2D eigenvalue weighted by Gasteiger charge is 2.08. The summed E-state index contributed by atoms with van der Waals surface area (Å²) >= 11 is 3.42. The minimum atomic E-state index is -1.08. The fraction of sp³-hybridized carbons (Fsp3) is 0.0714. The van der Waals surface area contributed by atoms with Gasteiger partial charge >= 0.3 is 5.97 Å². The quantitative estimate of drug-likeness (QED) is 0.581. The van der Waals surface area contributed by atoms with Gasteiger partial charge in [0.15, 0.2) is 0 Å². The Balaban J connectivity index is 1.94. The van der Waals surface area contributed by atoms with Gasteiger partial charge in [0, 0.05) is 14.7 Å². The number of aromatic carboxylic acids is 1. The lowest BCUT2D eigenvalue weighted by molar-refractivity contribution is -0.113. The number of carboxylic acids is 1. The van der Waals surface area contributed by atoms with E-state index in [-0.39, 0.29) is 17.4 Å². The van der Waals surface area contributed by atoms with Crippen LogP contribution >= 0.6 is 34.4 Å². The molecule has 0 atom stereocenters. The number of thioether (sulfide) groups is 1. The Morgan fingerprint density at radius 2 is 2.05 bits per heavy atom. The van der Waals surface area contributed by atoms with Crippen LogP contribution in [0, 0.1) is 3.57 Å². The van der Waals surface area contributed by atoms with Crippen LogP contribution in [0.25, 0.3) is 0 Å². The number of anilines is 1.